The molecule has 2 aromatic rings. The number of nitrogens with one attached hydrogen (secondary N) is 1. The average molecular weight is 514 g/mol. The minimum Gasteiger partial charge on any atom is -0.349 e. The molecule has 0 bridgehead atoms. The number of amides is 2. The van der Waals surface area contributed by atoms with E-state index in [1.165, 1.54) is 11.1 Å². The van der Waals surface area contributed by atoms with E-state index in [4.69, 9.17) is 23.2 Å². The van der Waals surface area contributed by atoms with Gasteiger partial charge in [-0.05, 0) is 87.4 Å². The molecule has 5 nitrogen and oxygen atoms in total. The molecule has 2 heterocycles. The summed E-state index contributed by atoms with van der Waals surface area (Å²) in [6.45, 7) is 3.36. The predicted octanol–water partition coefficient (Wildman–Crippen LogP) is 5.50. The van der Waals surface area contributed by atoms with Crippen LogP contribution in [0.15, 0.2) is 42.5 Å². The Balaban J connectivity index is 1.09. The quantitative estimate of drug-likeness (QED) is 0.586. The van der Waals surface area contributed by atoms with Gasteiger partial charge in [0.05, 0.1) is 6.04 Å². The summed E-state index contributed by atoms with van der Waals surface area (Å²) in [7, 11) is 0. The van der Waals surface area contributed by atoms with Gasteiger partial charge in [0.1, 0.15) is 0 Å². The second-order valence-corrected chi connectivity index (χ2v) is 11.0. The zero-order valence-corrected chi connectivity index (χ0v) is 21.5. The Bertz CT molecular complexity index is 1060. The molecule has 1 unspecified atom stereocenters. The number of hydrogen-bond donors (Lipinski definition) is 1. The summed E-state index contributed by atoms with van der Waals surface area (Å²) in [6, 6.07) is 14.2. The highest BCUT2D eigenvalue weighted by Gasteiger charge is 2.33. The van der Waals surface area contributed by atoms with E-state index in [0.29, 0.717) is 21.7 Å². The Labute approximate surface area is 217 Å². The fourth-order valence-corrected chi connectivity index (χ4v) is 6.54. The molecule has 2 saturated heterocycles. The highest BCUT2D eigenvalue weighted by Crippen LogP contribution is 2.31. The molecule has 5 rings (SSSR count). The van der Waals surface area contributed by atoms with Crippen LogP contribution in [0.4, 0.5) is 0 Å². The molecule has 0 saturated carbocycles. The van der Waals surface area contributed by atoms with E-state index >= 15 is 0 Å². The molecule has 2 amide bonds. The van der Waals surface area contributed by atoms with Gasteiger partial charge in [0.2, 0.25) is 5.91 Å². The first-order valence-corrected chi connectivity index (χ1v) is 13.6. The Hall–Kier alpha value is -2.08. The third-order valence-electron chi connectivity index (χ3n) is 7.96. The molecule has 2 aliphatic heterocycles. The maximum Gasteiger partial charge on any atom is 0.253 e. The van der Waals surface area contributed by atoms with E-state index in [1.807, 2.05) is 4.90 Å². The second kappa shape index (κ2) is 10.9. The van der Waals surface area contributed by atoms with Crippen molar-refractivity contribution in [3.8, 4) is 0 Å². The first-order valence-electron chi connectivity index (χ1n) is 12.9. The van der Waals surface area contributed by atoms with Gasteiger partial charge in [0.25, 0.3) is 5.91 Å². The van der Waals surface area contributed by atoms with Crippen LogP contribution >= 0.6 is 23.2 Å². The number of carbonyl (C=O) groups excluding carboxylic acids is 2. The first-order chi connectivity index (χ1) is 17.0. The zero-order chi connectivity index (χ0) is 24.4. The third-order valence-corrected chi connectivity index (χ3v) is 8.40. The van der Waals surface area contributed by atoms with Gasteiger partial charge in [-0.15, -0.1) is 0 Å². The summed E-state index contributed by atoms with van der Waals surface area (Å²) in [5.74, 6) is 0.300. The molecule has 1 aliphatic carbocycles. The number of halogens is 2. The maximum absolute atomic E-state index is 13.1. The molecule has 186 valence electrons. The molecule has 0 aromatic heterocycles. The molecule has 7 heteroatoms. The first kappa shape index (κ1) is 24.6. The van der Waals surface area contributed by atoms with Gasteiger partial charge in [-0.2, -0.15) is 0 Å². The number of aryl methyl sites for hydroxylation is 1. The van der Waals surface area contributed by atoms with Crippen molar-refractivity contribution in [1.29, 1.82) is 0 Å². The van der Waals surface area contributed by atoms with Gasteiger partial charge in [0.15, 0.2) is 0 Å². The summed E-state index contributed by atoms with van der Waals surface area (Å²) in [5.41, 5.74) is 3.22. The number of rotatable bonds is 4. The van der Waals surface area contributed by atoms with Crippen LogP contribution in [-0.4, -0.2) is 53.8 Å². The number of nitrogens with zero attached hydrogens (tertiary/aromatic N) is 2. The van der Waals surface area contributed by atoms with E-state index in [0.717, 1.165) is 71.1 Å². The molecule has 0 radical (unpaired) electrons. The summed E-state index contributed by atoms with van der Waals surface area (Å²) in [6.07, 6.45) is 6.98. The van der Waals surface area contributed by atoms with Gasteiger partial charge < -0.3 is 15.1 Å². The number of carbonyl (C=O) groups is 2. The molecule has 2 fully saturated rings. The van der Waals surface area contributed by atoms with Crippen molar-refractivity contribution in [2.24, 2.45) is 5.92 Å². The lowest BCUT2D eigenvalue weighted by molar-refractivity contribution is -0.127. The Morgan fingerprint density at radius 1 is 0.857 bits per heavy atom. The normalized spacial score (nSPS) is 22.0. The standard InChI is InChI=1S/C28H33Cl2N3O2/c29-22-16-21(17-23(30)18-22)28(35)33-14-10-24(11-15-33)32-12-8-20(9-13-32)27(34)31-26-7-3-5-19-4-1-2-6-25(19)26/h1-2,4,6,16-18,20,24,26H,3,5,7-15H2,(H,31,34). The minimum absolute atomic E-state index is 0.00693. The van der Waals surface area contributed by atoms with Crippen LogP contribution in [0.5, 0.6) is 0 Å². The molecule has 3 aliphatic rings. The van der Waals surface area contributed by atoms with Crippen molar-refractivity contribution in [1.82, 2.24) is 15.1 Å². The van der Waals surface area contributed by atoms with E-state index in [9.17, 15) is 9.59 Å². The zero-order valence-electron chi connectivity index (χ0n) is 20.0. The van der Waals surface area contributed by atoms with Crippen molar-refractivity contribution in [3.05, 3.63) is 69.2 Å². The Morgan fingerprint density at radius 3 is 2.26 bits per heavy atom. The van der Waals surface area contributed by atoms with Crippen molar-refractivity contribution in [2.75, 3.05) is 26.2 Å². The molecular formula is C28H33Cl2N3O2. The topological polar surface area (TPSA) is 52.7 Å². The molecule has 0 spiro atoms. The van der Waals surface area contributed by atoms with Crippen molar-refractivity contribution >= 4 is 35.0 Å². The molecule has 2 aromatic carbocycles. The summed E-state index contributed by atoms with van der Waals surface area (Å²) < 4.78 is 0. The minimum atomic E-state index is -0.00693. The smallest absolute Gasteiger partial charge is 0.253 e. The van der Waals surface area contributed by atoms with E-state index in [1.54, 1.807) is 18.2 Å². The fourth-order valence-electron chi connectivity index (χ4n) is 6.01. The second-order valence-electron chi connectivity index (χ2n) is 10.1. The molecule has 35 heavy (non-hydrogen) atoms. The van der Waals surface area contributed by atoms with E-state index in [-0.39, 0.29) is 23.8 Å². The molecule has 1 N–H and O–H groups in total. The van der Waals surface area contributed by atoms with Crippen LogP contribution < -0.4 is 5.32 Å². The number of piperidine rings is 2. The number of hydrogen-bond acceptors (Lipinski definition) is 3. The van der Waals surface area contributed by atoms with Crippen molar-refractivity contribution < 1.29 is 9.59 Å². The lowest BCUT2D eigenvalue weighted by atomic mass is 9.86. The van der Waals surface area contributed by atoms with E-state index < -0.39 is 0 Å². The van der Waals surface area contributed by atoms with Gasteiger partial charge in [-0.25, -0.2) is 0 Å². The third kappa shape index (κ3) is 5.68. The van der Waals surface area contributed by atoms with Gasteiger partial charge in [0, 0.05) is 40.7 Å². The number of fused-ring (bicyclic) bond motifs is 1. The van der Waals surface area contributed by atoms with Gasteiger partial charge in [-0.1, -0.05) is 47.5 Å². The lowest BCUT2D eigenvalue weighted by Crippen LogP contribution is -2.50. The summed E-state index contributed by atoms with van der Waals surface area (Å²) in [4.78, 5) is 30.4. The van der Waals surface area contributed by atoms with E-state index in [2.05, 4.69) is 34.5 Å². The van der Waals surface area contributed by atoms with Crippen LogP contribution in [0.25, 0.3) is 0 Å². The summed E-state index contributed by atoms with van der Waals surface area (Å²) in [5, 5.41) is 4.32. The number of benzene rings is 2. The lowest BCUT2D eigenvalue weighted by Gasteiger charge is -2.41. The predicted molar refractivity (Wildman–Crippen MR) is 140 cm³/mol. The maximum atomic E-state index is 13.1. The van der Waals surface area contributed by atoms with Crippen LogP contribution in [-0.2, 0) is 11.2 Å². The van der Waals surface area contributed by atoms with Crippen LogP contribution in [0, 0.1) is 5.92 Å². The fraction of sp³-hybridized carbons (Fsp3) is 0.500. The average Bonchev–Trinajstić information content (AvgIpc) is 2.88. The monoisotopic (exact) mass is 513 g/mol. The summed E-state index contributed by atoms with van der Waals surface area (Å²) >= 11 is 12.2. The molecule has 1 atom stereocenters. The SMILES string of the molecule is O=C(NC1CCCc2ccccc21)C1CCN(C2CCN(C(=O)c3cc(Cl)cc(Cl)c3)CC2)CC1. The Kier molecular flexibility index (Phi) is 7.66. The van der Waals surface area contributed by atoms with Crippen LogP contribution in [0.2, 0.25) is 10.0 Å². The highest BCUT2D eigenvalue weighted by atomic mass is 35.5. The number of likely N-dealkylation sites (tertiary alicyclic amines) is 2. The van der Waals surface area contributed by atoms with Gasteiger partial charge >= 0.3 is 0 Å². The van der Waals surface area contributed by atoms with Gasteiger partial charge in [-0.3, -0.25) is 9.59 Å². The Morgan fingerprint density at radius 2 is 1.54 bits per heavy atom. The van der Waals surface area contributed by atoms with Crippen molar-refractivity contribution in [3.63, 3.8) is 0 Å². The van der Waals surface area contributed by atoms with Crippen LogP contribution in [0.1, 0.15) is 66.1 Å². The van der Waals surface area contributed by atoms with Crippen molar-refractivity contribution in [2.45, 2.75) is 57.0 Å². The van der Waals surface area contributed by atoms with Crippen LogP contribution in [0.3, 0.4) is 0 Å². The highest BCUT2D eigenvalue weighted by molar-refractivity contribution is 6.35. The molecular weight excluding hydrogens is 481 g/mol. The largest absolute Gasteiger partial charge is 0.349 e.